The fraction of sp³-hybridized carbons (Fsp3) is 0.0769. The number of alkyl halides is 3. The molecule has 0 aliphatic carbocycles. The summed E-state index contributed by atoms with van der Waals surface area (Å²) in [5.74, 6) is -1.05. The second-order valence-corrected chi connectivity index (χ2v) is 4.68. The predicted octanol–water partition coefficient (Wildman–Crippen LogP) is 4.00. The number of hydrogen-bond acceptors (Lipinski definition) is 3. The Morgan fingerprint density at radius 1 is 1.24 bits per heavy atom. The summed E-state index contributed by atoms with van der Waals surface area (Å²) in [5, 5.41) is 2.36. The van der Waals surface area contributed by atoms with E-state index in [1.165, 1.54) is 36.5 Å². The van der Waals surface area contributed by atoms with E-state index >= 15 is 0 Å². The summed E-state index contributed by atoms with van der Waals surface area (Å²) in [7, 11) is 0. The van der Waals surface area contributed by atoms with Crippen LogP contribution in [0.4, 0.5) is 18.9 Å². The predicted molar refractivity (Wildman–Crippen MR) is 73.0 cm³/mol. The number of nitrogens with one attached hydrogen (secondary N) is 1. The molecule has 2 rings (SSSR count). The smallest absolute Gasteiger partial charge is 0.404 e. The molecule has 1 heterocycles. The lowest BCUT2D eigenvalue weighted by Gasteiger charge is -2.13. The van der Waals surface area contributed by atoms with Crippen molar-refractivity contribution >= 4 is 27.5 Å². The first-order valence-corrected chi connectivity index (χ1v) is 6.42. The molecule has 0 spiro atoms. The number of nitrogens with zero attached hydrogens (tertiary/aromatic N) is 1. The fourth-order valence-corrected chi connectivity index (χ4v) is 1.89. The number of halogens is 4. The zero-order valence-electron chi connectivity index (χ0n) is 10.3. The van der Waals surface area contributed by atoms with E-state index in [2.05, 4.69) is 31.0 Å². The van der Waals surface area contributed by atoms with Crippen LogP contribution in [0.5, 0.6) is 5.75 Å². The Kier molecular flexibility index (Phi) is 4.46. The molecule has 0 radical (unpaired) electrons. The Morgan fingerprint density at radius 3 is 2.62 bits per heavy atom. The van der Waals surface area contributed by atoms with Gasteiger partial charge in [0.2, 0.25) is 0 Å². The average Bonchev–Trinajstić information content (AvgIpc) is 2.39. The largest absolute Gasteiger partial charge is 0.573 e. The molecule has 1 N–H and O–H groups in total. The third kappa shape index (κ3) is 4.45. The van der Waals surface area contributed by atoms with E-state index in [0.717, 1.165) is 6.07 Å². The monoisotopic (exact) mass is 360 g/mol. The van der Waals surface area contributed by atoms with E-state index < -0.39 is 18.0 Å². The number of aromatic nitrogens is 1. The Morgan fingerprint density at radius 2 is 1.95 bits per heavy atom. The van der Waals surface area contributed by atoms with Gasteiger partial charge in [0.1, 0.15) is 4.60 Å². The second kappa shape index (κ2) is 6.13. The van der Waals surface area contributed by atoms with Crippen LogP contribution in [0, 0.1) is 0 Å². The summed E-state index contributed by atoms with van der Waals surface area (Å²) in [5.41, 5.74) is 0.173. The van der Waals surface area contributed by atoms with E-state index in [-0.39, 0.29) is 11.3 Å². The zero-order valence-corrected chi connectivity index (χ0v) is 11.9. The van der Waals surface area contributed by atoms with Crippen LogP contribution in [0.15, 0.2) is 47.2 Å². The molecule has 0 aliphatic heterocycles. The van der Waals surface area contributed by atoms with Crippen molar-refractivity contribution in [3.8, 4) is 5.75 Å². The first kappa shape index (κ1) is 15.3. The van der Waals surface area contributed by atoms with Gasteiger partial charge in [-0.1, -0.05) is 12.1 Å². The van der Waals surface area contributed by atoms with Gasteiger partial charge >= 0.3 is 6.36 Å². The van der Waals surface area contributed by atoms with Crippen LogP contribution in [0.1, 0.15) is 10.4 Å². The summed E-state index contributed by atoms with van der Waals surface area (Å²) in [4.78, 5) is 15.8. The van der Waals surface area contributed by atoms with E-state index in [0.29, 0.717) is 4.60 Å². The molecule has 110 valence electrons. The van der Waals surface area contributed by atoms with Crippen molar-refractivity contribution in [1.82, 2.24) is 4.98 Å². The fourth-order valence-electron chi connectivity index (χ4n) is 1.52. The van der Waals surface area contributed by atoms with Crippen LogP contribution in [-0.4, -0.2) is 17.3 Å². The summed E-state index contributed by atoms with van der Waals surface area (Å²) >= 11 is 3.11. The van der Waals surface area contributed by atoms with Gasteiger partial charge in [0, 0.05) is 11.8 Å². The lowest BCUT2D eigenvalue weighted by atomic mass is 10.2. The second-order valence-electron chi connectivity index (χ2n) is 3.87. The number of anilines is 1. The maximum Gasteiger partial charge on any atom is 0.573 e. The summed E-state index contributed by atoms with van der Waals surface area (Å²) in [6.45, 7) is 0. The molecule has 0 aliphatic rings. The Balaban J connectivity index is 2.22. The van der Waals surface area contributed by atoms with Crippen LogP contribution in [0.3, 0.4) is 0 Å². The molecule has 2 aromatic rings. The van der Waals surface area contributed by atoms with Gasteiger partial charge in [-0.2, -0.15) is 0 Å². The Bertz CT molecular complexity index is 662. The van der Waals surface area contributed by atoms with Crippen molar-refractivity contribution in [2.24, 2.45) is 0 Å². The number of amides is 1. The molecule has 0 fully saturated rings. The van der Waals surface area contributed by atoms with Gasteiger partial charge < -0.3 is 10.1 Å². The van der Waals surface area contributed by atoms with Crippen LogP contribution in [-0.2, 0) is 0 Å². The van der Waals surface area contributed by atoms with Gasteiger partial charge in [-0.3, -0.25) is 4.79 Å². The highest BCUT2D eigenvalue weighted by atomic mass is 79.9. The SMILES string of the molecule is O=C(Nc1ccccc1OC(F)(F)F)c1ccnc(Br)c1. The number of ether oxygens (including phenoxy) is 1. The van der Waals surface area contributed by atoms with Crippen LogP contribution < -0.4 is 10.1 Å². The topological polar surface area (TPSA) is 51.2 Å². The van der Waals surface area contributed by atoms with Gasteiger partial charge in [0.05, 0.1) is 5.69 Å². The number of para-hydroxylation sites is 2. The third-order valence-electron chi connectivity index (χ3n) is 2.35. The minimum atomic E-state index is -4.83. The quantitative estimate of drug-likeness (QED) is 0.841. The number of rotatable bonds is 3. The zero-order chi connectivity index (χ0) is 15.5. The molecule has 0 unspecified atom stereocenters. The molecule has 0 saturated heterocycles. The molecule has 21 heavy (non-hydrogen) atoms. The molecule has 1 aromatic heterocycles. The van der Waals surface area contributed by atoms with Crippen molar-refractivity contribution < 1.29 is 22.7 Å². The van der Waals surface area contributed by atoms with Gasteiger partial charge in [0.15, 0.2) is 5.75 Å². The third-order valence-corrected chi connectivity index (χ3v) is 2.78. The number of benzene rings is 1. The minimum Gasteiger partial charge on any atom is -0.404 e. The van der Waals surface area contributed by atoms with E-state index in [1.54, 1.807) is 0 Å². The number of carbonyl (C=O) groups excluding carboxylic acids is 1. The molecular weight excluding hydrogens is 353 g/mol. The van der Waals surface area contributed by atoms with Gasteiger partial charge in [-0.15, -0.1) is 13.2 Å². The van der Waals surface area contributed by atoms with Crippen molar-refractivity contribution in [2.75, 3.05) is 5.32 Å². The molecule has 0 atom stereocenters. The molecule has 0 saturated carbocycles. The first-order chi connectivity index (χ1) is 9.85. The highest BCUT2D eigenvalue weighted by molar-refractivity contribution is 9.10. The number of hydrogen-bond donors (Lipinski definition) is 1. The normalized spacial score (nSPS) is 11.0. The van der Waals surface area contributed by atoms with Crippen LogP contribution >= 0.6 is 15.9 Å². The summed E-state index contributed by atoms with van der Waals surface area (Å²) in [6, 6.07) is 8.18. The maximum atomic E-state index is 12.3. The molecule has 1 aromatic carbocycles. The van der Waals surface area contributed by atoms with Crippen molar-refractivity contribution in [2.45, 2.75) is 6.36 Å². The molecule has 8 heteroatoms. The van der Waals surface area contributed by atoms with E-state index in [4.69, 9.17) is 0 Å². The summed E-state index contributed by atoms with van der Waals surface area (Å²) < 4.78 is 41.2. The molecule has 1 amide bonds. The number of carbonyl (C=O) groups is 1. The lowest BCUT2D eigenvalue weighted by Crippen LogP contribution is -2.19. The van der Waals surface area contributed by atoms with Gasteiger partial charge in [-0.25, -0.2) is 4.98 Å². The van der Waals surface area contributed by atoms with Crippen molar-refractivity contribution in [1.29, 1.82) is 0 Å². The van der Waals surface area contributed by atoms with Gasteiger partial charge in [0.25, 0.3) is 5.91 Å². The Labute approximate surface area is 126 Å². The van der Waals surface area contributed by atoms with Crippen molar-refractivity contribution in [3.05, 3.63) is 52.8 Å². The van der Waals surface area contributed by atoms with Crippen molar-refractivity contribution in [3.63, 3.8) is 0 Å². The maximum absolute atomic E-state index is 12.3. The average molecular weight is 361 g/mol. The van der Waals surface area contributed by atoms with Gasteiger partial charge in [-0.05, 0) is 40.2 Å². The Hall–Kier alpha value is -2.09. The molecule has 4 nitrogen and oxygen atoms in total. The highest BCUT2D eigenvalue weighted by Gasteiger charge is 2.32. The van der Waals surface area contributed by atoms with E-state index in [1.807, 2.05) is 0 Å². The first-order valence-electron chi connectivity index (χ1n) is 5.63. The van der Waals surface area contributed by atoms with E-state index in [9.17, 15) is 18.0 Å². The lowest BCUT2D eigenvalue weighted by molar-refractivity contribution is -0.274. The van der Waals surface area contributed by atoms with Crippen LogP contribution in [0.25, 0.3) is 0 Å². The minimum absolute atomic E-state index is 0.0761. The standard InChI is InChI=1S/C13H8BrF3N2O2/c14-11-7-8(5-6-18-11)12(20)19-9-3-1-2-4-10(9)21-13(15,16)17/h1-7H,(H,19,20). The molecule has 0 bridgehead atoms. The van der Waals surface area contributed by atoms with Crippen LogP contribution in [0.2, 0.25) is 0 Å². The number of pyridine rings is 1. The summed E-state index contributed by atoms with van der Waals surface area (Å²) in [6.07, 6.45) is -3.43. The molecular formula is C13H8BrF3N2O2. The highest BCUT2D eigenvalue weighted by Crippen LogP contribution is 2.30.